The lowest BCUT2D eigenvalue weighted by Crippen LogP contribution is -2.75. The number of hydrogen-bond acceptors (Lipinski definition) is 5. The molecule has 1 amide bonds. The van der Waals surface area contributed by atoms with Crippen LogP contribution in [0.25, 0.3) is 0 Å². The van der Waals surface area contributed by atoms with E-state index in [1.165, 1.54) is 11.2 Å². The predicted molar refractivity (Wildman–Crippen MR) is 97.8 cm³/mol. The van der Waals surface area contributed by atoms with Crippen LogP contribution in [-0.2, 0) is 25.7 Å². The number of likely N-dealkylation sites (tertiary alicyclic amines) is 1. The Morgan fingerprint density at radius 3 is 2.30 bits per heavy atom. The maximum atomic E-state index is 12.8. The number of sulfonamides is 1. The van der Waals surface area contributed by atoms with Gasteiger partial charge in [0.1, 0.15) is 10.6 Å². The standard InChI is InChI=1S/C19H22F3N3O4S/c1-12-13(3-4-14(23-12)19(20,21)22)30(27,28)25-9-17(10-25)7-24(8-17)15(26)18-5-16(2,6-18)29-11-18/h3-4H,5-11H2,1-2H3. The molecular weight excluding hydrogens is 423 g/mol. The summed E-state index contributed by atoms with van der Waals surface area (Å²) in [4.78, 5) is 17.8. The topological polar surface area (TPSA) is 79.8 Å². The summed E-state index contributed by atoms with van der Waals surface area (Å²) in [5.41, 5.74) is -2.14. The lowest BCUT2D eigenvalue weighted by molar-refractivity contribution is -0.167. The molecule has 0 aromatic carbocycles. The van der Waals surface area contributed by atoms with Crippen LogP contribution in [0, 0.1) is 17.8 Å². The van der Waals surface area contributed by atoms with E-state index in [2.05, 4.69) is 4.98 Å². The molecule has 6 rings (SSSR count). The summed E-state index contributed by atoms with van der Waals surface area (Å²) >= 11 is 0. The van der Waals surface area contributed by atoms with Crippen molar-refractivity contribution in [1.82, 2.24) is 14.2 Å². The van der Waals surface area contributed by atoms with Gasteiger partial charge in [-0.2, -0.15) is 17.5 Å². The summed E-state index contributed by atoms with van der Waals surface area (Å²) in [6, 6.07) is 1.66. The minimum absolute atomic E-state index is 0.0900. The Hall–Kier alpha value is -1.72. The number of hydrogen-bond donors (Lipinski definition) is 0. The molecule has 1 aromatic heterocycles. The number of fused-ring (bicyclic) bond motifs is 1. The summed E-state index contributed by atoms with van der Waals surface area (Å²) in [5.74, 6) is 0.0900. The zero-order chi connectivity index (χ0) is 21.7. The lowest BCUT2D eigenvalue weighted by Gasteiger charge is -2.61. The Labute approximate surface area is 172 Å². The van der Waals surface area contributed by atoms with Crippen molar-refractivity contribution < 1.29 is 31.1 Å². The van der Waals surface area contributed by atoms with Crippen molar-refractivity contribution in [3.8, 4) is 0 Å². The fraction of sp³-hybridized carbons (Fsp3) is 0.684. The quantitative estimate of drug-likeness (QED) is 0.709. The van der Waals surface area contributed by atoms with Gasteiger partial charge in [0.25, 0.3) is 0 Å². The first-order valence-electron chi connectivity index (χ1n) is 9.76. The Kier molecular flexibility index (Phi) is 3.87. The monoisotopic (exact) mass is 445 g/mol. The molecule has 5 fully saturated rings. The van der Waals surface area contributed by atoms with Gasteiger partial charge in [-0.3, -0.25) is 4.79 Å². The maximum absolute atomic E-state index is 12.8. The SMILES string of the molecule is Cc1nc(C(F)(F)F)ccc1S(=O)(=O)N1CC2(CN(C(=O)C34COC(C)(C3)C4)C2)C1. The van der Waals surface area contributed by atoms with Crippen LogP contribution in [0.4, 0.5) is 13.2 Å². The number of carbonyl (C=O) groups excluding carboxylic acids is 1. The van der Waals surface area contributed by atoms with E-state index in [9.17, 15) is 26.4 Å². The van der Waals surface area contributed by atoms with E-state index in [1.807, 2.05) is 6.92 Å². The molecule has 7 nitrogen and oxygen atoms in total. The van der Waals surface area contributed by atoms with Crippen molar-refractivity contribution in [3.05, 3.63) is 23.5 Å². The first-order valence-corrected chi connectivity index (χ1v) is 11.2. The largest absolute Gasteiger partial charge is 0.433 e. The van der Waals surface area contributed by atoms with Gasteiger partial charge in [-0.1, -0.05) is 0 Å². The van der Waals surface area contributed by atoms with Gasteiger partial charge < -0.3 is 9.64 Å². The van der Waals surface area contributed by atoms with Crippen molar-refractivity contribution >= 4 is 15.9 Å². The van der Waals surface area contributed by atoms with E-state index in [0.29, 0.717) is 25.8 Å². The summed E-state index contributed by atoms with van der Waals surface area (Å²) in [6.07, 6.45) is -3.15. The van der Waals surface area contributed by atoms with Crippen LogP contribution in [0.5, 0.6) is 0 Å². The second-order valence-electron chi connectivity index (χ2n) is 9.58. The summed E-state index contributed by atoms with van der Waals surface area (Å²) < 4.78 is 71.0. The van der Waals surface area contributed by atoms with Crippen LogP contribution >= 0.6 is 0 Å². The Balaban J connectivity index is 1.23. The minimum atomic E-state index is -4.63. The Bertz CT molecular complexity index is 1040. The average molecular weight is 445 g/mol. The van der Waals surface area contributed by atoms with Gasteiger partial charge in [-0.05, 0) is 38.8 Å². The molecule has 30 heavy (non-hydrogen) atoms. The van der Waals surface area contributed by atoms with E-state index in [-0.39, 0.29) is 40.6 Å². The molecule has 4 aliphatic heterocycles. The van der Waals surface area contributed by atoms with Crippen LogP contribution in [-0.4, -0.2) is 66.9 Å². The highest BCUT2D eigenvalue weighted by Gasteiger charge is 2.67. The van der Waals surface area contributed by atoms with Gasteiger partial charge in [-0.15, -0.1) is 0 Å². The minimum Gasteiger partial charge on any atom is -0.374 e. The zero-order valence-electron chi connectivity index (χ0n) is 16.6. The van der Waals surface area contributed by atoms with Gasteiger partial charge in [-0.25, -0.2) is 13.4 Å². The number of nitrogens with zero attached hydrogens (tertiary/aromatic N) is 3. The van der Waals surface area contributed by atoms with Gasteiger partial charge >= 0.3 is 6.18 Å². The molecule has 11 heteroatoms. The molecule has 1 spiro atoms. The molecule has 0 radical (unpaired) electrons. The van der Waals surface area contributed by atoms with Gasteiger partial charge in [0.05, 0.1) is 23.3 Å². The molecule has 1 aromatic rings. The average Bonchev–Trinajstić information content (AvgIpc) is 3.05. The van der Waals surface area contributed by atoms with Crippen molar-refractivity contribution in [2.45, 2.75) is 43.4 Å². The summed E-state index contributed by atoms with van der Waals surface area (Å²) in [5, 5.41) is 0. The number of alkyl halides is 3. The molecule has 2 bridgehead atoms. The van der Waals surface area contributed by atoms with Crippen LogP contribution in [0.1, 0.15) is 31.2 Å². The normalized spacial score (nSPS) is 32.5. The lowest BCUT2D eigenvalue weighted by atomic mass is 9.61. The number of carbonyl (C=O) groups is 1. The molecule has 0 atom stereocenters. The van der Waals surface area contributed by atoms with E-state index in [4.69, 9.17) is 4.74 Å². The van der Waals surface area contributed by atoms with Crippen LogP contribution < -0.4 is 0 Å². The molecule has 4 saturated heterocycles. The number of halogens is 3. The second kappa shape index (κ2) is 5.74. The van der Waals surface area contributed by atoms with E-state index in [0.717, 1.165) is 18.9 Å². The van der Waals surface area contributed by atoms with Crippen LogP contribution in [0.2, 0.25) is 0 Å². The smallest absolute Gasteiger partial charge is 0.374 e. The van der Waals surface area contributed by atoms with Crippen molar-refractivity contribution in [1.29, 1.82) is 0 Å². The zero-order valence-corrected chi connectivity index (χ0v) is 17.4. The second-order valence-corrected chi connectivity index (χ2v) is 11.5. The highest BCUT2D eigenvalue weighted by Crippen LogP contribution is 2.59. The molecule has 164 valence electrons. The van der Waals surface area contributed by atoms with E-state index in [1.54, 1.807) is 4.90 Å². The Morgan fingerprint density at radius 1 is 1.17 bits per heavy atom. The molecule has 0 unspecified atom stereocenters. The molecule has 0 N–H and O–H groups in total. The molecule has 5 heterocycles. The van der Waals surface area contributed by atoms with Gasteiger partial charge in [0.2, 0.25) is 15.9 Å². The van der Waals surface area contributed by atoms with Crippen LogP contribution in [0.15, 0.2) is 17.0 Å². The highest BCUT2D eigenvalue weighted by molar-refractivity contribution is 7.89. The molecule has 1 aliphatic carbocycles. The Morgan fingerprint density at radius 2 is 1.80 bits per heavy atom. The van der Waals surface area contributed by atoms with E-state index < -0.39 is 27.3 Å². The van der Waals surface area contributed by atoms with Crippen molar-refractivity contribution in [2.24, 2.45) is 10.8 Å². The third kappa shape index (κ3) is 2.74. The highest BCUT2D eigenvalue weighted by atomic mass is 32.2. The molecule has 5 aliphatic rings. The first-order chi connectivity index (χ1) is 13.8. The molecule has 1 saturated carbocycles. The van der Waals surface area contributed by atoms with E-state index >= 15 is 0 Å². The van der Waals surface area contributed by atoms with Gasteiger partial charge in [0, 0.05) is 31.6 Å². The van der Waals surface area contributed by atoms with Gasteiger partial charge in [0.15, 0.2) is 0 Å². The fourth-order valence-electron chi connectivity index (χ4n) is 5.54. The number of pyridine rings is 1. The summed E-state index contributed by atoms with van der Waals surface area (Å²) in [7, 11) is -3.93. The van der Waals surface area contributed by atoms with Crippen molar-refractivity contribution in [3.63, 3.8) is 0 Å². The maximum Gasteiger partial charge on any atom is 0.433 e. The van der Waals surface area contributed by atoms with Crippen LogP contribution in [0.3, 0.4) is 0 Å². The number of rotatable bonds is 3. The number of aryl methyl sites for hydroxylation is 1. The number of aromatic nitrogens is 1. The predicted octanol–water partition coefficient (Wildman–Crippen LogP) is 1.81. The van der Waals surface area contributed by atoms with Crippen molar-refractivity contribution in [2.75, 3.05) is 32.8 Å². The summed E-state index contributed by atoms with van der Waals surface area (Å²) in [6.45, 7) is 5.22. The third-order valence-corrected chi connectivity index (χ3v) is 8.81. The number of amides is 1. The number of ether oxygens (including phenoxy) is 1. The third-order valence-electron chi connectivity index (χ3n) is 6.88. The fourth-order valence-corrected chi connectivity index (χ4v) is 7.37. The first kappa shape index (κ1) is 20.2. The molecular formula is C19H22F3N3O4S.